The van der Waals surface area contributed by atoms with Gasteiger partial charge in [0.1, 0.15) is 0 Å². The molecule has 1 aliphatic heterocycles. The lowest BCUT2D eigenvalue weighted by atomic mass is 10.1. The summed E-state index contributed by atoms with van der Waals surface area (Å²) in [4.78, 5) is 13.8. The van der Waals surface area contributed by atoms with Crippen LogP contribution in [0.25, 0.3) is 0 Å². The number of nitrogens with zero attached hydrogens (tertiary/aromatic N) is 1. The van der Waals surface area contributed by atoms with Crippen molar-refractivity contribution in [3.63, 3.8) is 0 Å². The molecule has 1 atom stereocenters. The van der Waals surface area contributed by atoms with E-state index in [-0.39, 0.29) is 18.4 Å². The van der Waals surface area contributed by atoms with Crippen LogP contribution in [-0.2, 0) is 0 Å². The predicted octanol–water partition coefficient (Wildman–Crippen LogP) is 1.14. The molecular formula is C12H15NO2. The molecule has 15 heavy (non-hydrogen) atoms. The quantitative estimate of drug-likeness (QED) is 0.786. The van der Waals surface area contributed by atoms with Crippen LogP contribution in [0.15, 0.2) is 30.3 Å². The Hall–Kier alpha value is -1.35. The Kier molecular flexibility index (Phi) is 3.02. The van der Waals surface area contributed by atoms with Gasteiger partial charge in [0.25, 0.3) is 5.91 Å². The van der Waals surface area contributed by atoms with Crippen molar-refractivity contribution in [2.45, 2.75) is 6.42 Å². The van der Waals surface area contributed by atoms with Crippen molar-refractivity contribution >= 4 is 5.91 Å². The smallest absolute Gasteiger partial charge is 0.253 e. The Balaban J connectivity index is 2.04. The fraction of sp³-hybridized carbons (Fsp3) is 0.417. The molecule has 0 aliphatic carbocycles. The Morgan fingerprint density at radius 3 is 2.73 bits per heavy atom. The van der Waals surface area contributed by atoms with Gasteiger partial charge in [-0.2, -0.15) is 0 Å². The number of carbonyl (C=O) groups is 1. The van der Waals surface area contributed by atoms with Crippen molar-refractivity contribution in [2.24, 2.45) is 5.92 Å². The summed E-state index contributed by atoms with van der Waals surface area (Å²) in [6.45, 7) is 1.63. The highest BCUT2D eigenvalue weighted by Gasteiger charge is 2.25. The topological polar surface area (TPSA) is 40.5 Å². The molecule has 1 aromatic carbocycles. The second-order valence-electron chi connectivity index (χ2n) is 3.95. The monoisotopic (exact) mass is 205 g/mol. The second kappa shape index (κ2) is 4.45. The number of rotatable bonds is 2. The molecule has 1 saturated heterocycles. The van der Waals surface area contributed by atoms with Gasteiger partial charge >= 0.3 is 0 Å². The number of carbonyl (C=O) groups excluding carboxylic acids is 1. The van der Waals surface area contributed by atoms with Gasteiger partial charge in [0, 0.05) is 31.2 Å². The van der Waals surface area contributed by atoms with E-state index in [0.29, 0.717) is 6.54 Å². The molecule has 1 aromatic rings. The van der Waals surface area contributed by atoms with Crippen molar-refractivity contribution in [3.05, 3.63) is 35.9 Å². The summed E-state index contributed by atoms with van der Waals surface area (Å²) in [5, 5.41) is 9.00. The second-order valence-corrected chi connectivity index (χ2v) is 3.95. The molecule has 1 amide bonds. The minimum atomic E-state index is 0.0755. The fourth-order valence-electron chi connectivity index (χ4n) is 1.93. The number of hydrogen-bond acceptors (Lipinski definition) is 2. The van der Waals surface area contributed by atoms with Gasteiger partial charge in [0.05, 0.1) is 0 Å². The fourth-order valence-corrected chi connectivity index (χ4v) is 1.93. The van der Waals surface area contributed by atoms with Crippen LogP contribution < -0.4 is 0 Å². The van der Waals surface area contributed by atoms with E-state index < -0.39 is 0 Å². The molecule has 0 saturated carbocycles. The van der Waals surface area contributed by atoms with E-state index in [0.717, 1.165) is 18.5 Å². The third kappa shape index (κ3) is 2.18. The van der Waals surface area contributed by atoms with E-state index in [2.05, 4.69) is 0 Å². The van der Waals surface area contributed by atoms with E-state index in [1.54, 1.807) is 0 Å². The molecule has 2 rings (SSSR count). The Morgan fingerprint density at radius 1 is 1.40 bits per heavy atom. The first-order chi connectivity index (χ1) is 7.31. The lowest BCUT2D eigenvalue weighted by Gasteiger charge is -2.15. The maximum Gasteiger partial charge on any atom is 0.253 e. The van der Waals surface area contributed by atoms with Gasteiger partial charge in [-0.15, -0.1) is 0 Å². The first-order valence-electron chi connectivity index (χ1n) is 5.26. The van der Waals surface area contributed by atoms with E-state index in [1.165, 1.54) is 0 Å². The summed E-state index contributed by atoms with van der Waals surface area (Å²) < 4.78 is 0. The van der Waals surface area contributed by atoms with Crippen molar-refractivity contribution < 1.29 is 9.90 Å². The van der Waals surface area contributed by atoms with Crippen LogP contribution >= 0.6 is 0 Å². The summed E-state index contributed by atoms with van der Waals surface area (Å²) in [7, 11) is 0. The largest absolute Gasteiger partial charge is 0.396 e. The highest BCUT2D eigenvalue weighted by Crippen LogP contribution is 2.17. The van der Waals surface area contributed by atoms with Gasteiger partial charge in [-0.25, -0.2) is 0 Å². The molecule has 1 aliphatic rings. The molecule has 1 unspecified atom stereocenters. The lowest BCUT2D eigenvalue weighted by molar-refractivity contribution is 0.0782. The summed E-state index contributed by atoms with van der Waals surface area (Å²) in [5.74, 6) is 0.337. The van der Waals surface area contributed by atoms with Crippen LogP contribution in [0.1, 0.15) is 16.8 Å². The summed E-state index contributed by atoms with van der Waals surface area (Å²) >= 11 is 0. The van der Waals surface area contributed by atoms with E-state index in [9.17, 15) is 4.79 Å². The number of benzene rings is 1. The maximum atomic E-state index is 12.0. The molecule has 1 N–H and O–H groups in total. The van der Waals surface area contributed by atoms with E-state index >= 15 is 0 Å². The average Bonchev–Trinajstić information content (AvgIpc) is 2.78. The first-order valence-corrected chi connectivity index (χ1v) is 5.26. The number of aliphatic hydroxyl groups excluding tert-OH is 1. The Labute approximate surface area is 89.3 Å². The number of likely N-dealkylation sites (tertiary alicyclic amines) is 1. The van der Waals surface area contributed by atoms with Crippen molar-refractivity contribution in [1.29, 1.82) is 0 Å². The Bertz CT molecular complexity index is 337. The van der Waals surface area contributed by atoms with Crippen LogP contribution in [0.3, 0.4) is 0 Å². The number of aliphatic hydroxyl groups is 1. The van der Waals surface area contributed by atoms with E-state index in [1.807, 2.05) is 35.2 Å². The van der Waals surface area contributed by atoms with Gasteiger partial charge in [0.2, 0.25) is 0 Å². The van der Waals surface area contributed by atoms with Crippen molar-refractivity contribution in [3.8, 4) is 0 Å². The highest BCUT2D eigenvalue weighted by molar-refractivity contribution is 5.94. The summed E-state index contributed by atoms with van der Waals surface area (Å²) in [6, 6.07) is 9.29. The zero-order valence-corrected chi connectivity index (χ0v) is 8.60. The Morgan fingerprint density at radius 2 is 2.13 bits per heavy atom. The maximum absolute atomic E-state index is 12.0. The van der Waals surface area contributed by atoms with Crippen molar-refractivity contribution in [2.75, 3.05) is 19.7 Å². The minimum Gasteiger partial charge on any atom is -0.396 e. The van der Waals surface area contributed by atoms with Crippen molar-refractivity contribution in [1.82, 2.24) is 4.90 Å². The highest BCUT2D eigenvalue weighted by atomic mass is 16.3. The molecule has 1 fully saturated rings. The van der Waals surface area contributed by atoms with Crippen LogP contribution in [0.5, 0.6) is 0 Å². The molecule has 3 nitrogen and oxygen atoms in total. The van der Waals surface area contributed by atoms with Crippen LogP contribution in [0, 0.1) is 5.92 Å². The molecule has 0 spiro atoms. The average molecular weight is 205 g/mol. The van der Waals surface area contributed by atoms with Gasteiger partial charge in [0.15, 0.2) is 0 Å². The molecule has 0 radical (unpaired) electrons. The summed E-state index contributed by atoms with van der Waals surface area (Å²) in [6.07, 6.45) is 0.912. The summed E-state index contributed by atoms with van der Waals surface area (Å²) in [5.41, 5.74) is 0.732. The van der Waals surface area contributed by atoms with Gasteiger partial charge in [-0.1, -0.05) is 18.2 Å². The van der Waals surface area contributed by atoms with E-state index in [4.69, 9.17) is 5.11 Å². The molecule has 0 aromatic heterocycles. The van der Waals surface area contributed by atoms with Gasteiger partial charge in [-0.05, 0) is 18.6 Å². The minimum absolute atomic E-state index is 0.0755. The standard InChI is InChI=1S/C12H15NO2/c14-9-10-6-7-13(8-10)12(15)11-4-2-1-3-5-11/h1-5,10,14H,6-9H2. The third-order valence-corrected chi connectivity index (χ3v) is 2.85. The SMILES string of the molecule is O=C(c1ccccc1)N1CCC(CO)C1. The van der Waals surface area contributed by atoms with Gasteiger partial charge in [-0.3, -0.25) is 4.79 Å². The van der Waals surface area contributed by atoms with Gasteiger partial charge < -0.3 is 10.0 Å². The number of amides is 1. The molecule has 80 valence electrons. The zero-order valence-electron chi connectivity index (χ0n) is 8.60. The third-order valence-electron chi connectivity index (χ3n) is 2.85. The molecular weight excluding hydrogens is 190 g/mol. The molecule has 1 heterocycles. The normalized spacial score (nSPS) is 20.6. The zero-order chi connectivity index (χ0) is 10.7. The number of hydrogen-bond donors (Lipinski definition) is 1. The molecule has 0 bridgehead atoms. The van der Waals surface area contributed by atoms with Crippen LogP contribution in [0.4, 0.5) is 0 Å². The lowest BCUT2D eigenvalue weighted by Crippen LogP contribution is -2.29. The first kappa shape index (κ1) is 10.2. The van der Waals surface area contributed by atoms with Crippen LogP contribution in [-0.4, -0.2) is 35.6 Å². The molecule has 3 heteroatoms. The predicted molar refractivity (Wildman–Crippen MR) is 57.5 cm³/mol. The van der Waals surface area contributed by atoms with Crippen LogP contribution in [0.2, 0.25) is 0 Å².